The van der Waals surface area contributed by atoms with Gasteiger partial charge in [-0.05, 0) is 0 Å². The fourth-order valence-corrected chi connectivity index (χ4v) is 0.195. The van der Waals surface area contributed by atoms with Crippen LogP contribution < -0.4 is 16.6 Å². The van der Waals surface area contributed by atoms with Crippen LogP contribution in [0.3, 0.4) is 0 Å². The molecule has 0 aromatic carbocycles. The first kappa shape index (κ1) is 6.84. The van der Waals surface area contributed by atoms with Crippen molar-refractivity contribution in [2.75, 3.05) is 20.5 Å². The molecule has 0 aromatic heterocycles. The Kier molecular flexibility index (Phi) is 5.71. The van der Waals surface area contributed by atoms with Crippen LogP contribution in [0.15, 0.2) is 0 Å². The number of rotatable bonds is 4. The normalized spacial score (nSPS) is 9.43. The van der Waals surface area contributed by atoms with Crippen molar-refractivity contribution in [3.8, 4) is 0 Å². The maximum absolute atomic E-state index is 5.04. The second kappa shape index (κ2) is 5.84. The average Bonchev–Trinajstić information content (AvgIpc) is 1.69. The number of hydrogen-bond donors (Lipinski definition) is 3. The van der Waals surface area contributed by atoms with Crippen molar-refractivity contribution in [2.24, 2.45) is 5.73 Å². The first-order chi connectivity index (χ1) is 3.41. The van der Waals surface area contributed by atoms with Crippen LogP contribution in [-0.2, 0) is 4.74 Å². The summed E-state index contributed by atoms with van der Waals surface area (Å²) >= 11 is 0. The monoisotopic (exact) mass is 105 g/mol. The predicted octanol–water partition coefficient (Wildman–Crippen LogP) is -1.40. The summed E-state index contributed by atoms with van der Waals surface area (Å²) in [5.41, 5.74) is 10.4. The summed E-state index contributed by atoms with van der Waals surface area (Å²) in [6.45, 7) is 0.903. The minimum absolute atomic E-state index is 0.420. The molecule has 0 saturated heterocycles. The molecule has 0 heterocycles. The first-order valence-electron chi connectivity index (χ1n) is 2.06. The summed E-state index contributed by atoms with van der Waals surface area (Å²) < 4.78 is 4.61. The molecule has 0 aromatic rings. The number of hydrazine groups is 1. The molecule has 0 radical (unpaired) electrons. The number of hydrogen-bond acceptors (Lipinski definition) is 4. The van der Waals surface area contributed by atoms with Crippen LogP contribution in [0.4, 0.5) is 0 Å². The summed E-state index contributed by atoms with van der Waals surface area (Å²) in [5.74, 6) is 0. The highest BCUT2D eigenvalue weighted by Crippen LogP contribution is 1.49. The molecule has 0 fully saturated rings. The molecule has 44 valence electrons. The molecular weight excluding hydrogens is 94.1 g/mol. The van der Waals surface area contributed by atoms with Gasteiger partial charge in [0.25, 0.3) is 0 Å². The molecule has 4 nitrogen and oxygen atoms in total. The maximum atomic E-state index is 5.04. The largest absolute Gasteiger partial charge is 0.368 e. The van der Waals surface area contributed by atoms with E-state index in [0.29, 0.717) is 13.4 Å². The van der Waals surface area contributed by atoms with E-state index in [1.54, 1.807) is 7.11 Å². The van der Waals surface area contributed by atoms with E-state index in [1.807, 2.05) is 0 Å². The van der Waals surface area contributed by atoms with Crippen molar-refractivity contribution in [2.45, 2.75) is 0 Å². The van der Waals surface area contributed by atoms with Crippen molar-refractivity contribution in [1.82, 2.24) is 10.9 Å². The lowest BCUT2D eigenvalue weighted by atomic mass is 11.2. The third kappa shape index (κ3) is 5.84. The lowest BCUT2D eigenvalue weighted by Gasteiger charge is -1.99. The standard InChI is InChI=1S/C3H11N3O/c1-7-3-6-5-2-4/h5-6H,2-4H2,1H3. The van der Waals surface area contributed by atoms with Gasteiger partial charge in [0.05, 0.1) is 6.67 Å². The van der Waals surface area contributed by atoms with Crippen molar-refractivity contribution in [3.63, 3.8) is 0 Å². The van der Waals surface area contributed by atoms with Gasteiger partial charge >= 0.3 is 0 Å². The third-order valence-electron chi connectivity index (χ3n) is 0.444. The summed E-state index contributed by atoms with van der Waals surface area (Å²) in [4.78, 5) is 0. The van der Waals surface area contributed by atoms with Gasteiger partial charge in [-0.15, -0.1) is 0 Å². The zero-order chi connectivity index (χ0) is 5.54. The number of ether oxygens (including phenoxy) is 1. The van der Waals surface area contributed by atoms with E-state index < -0.39 is 0 Å². The van der Waals surface area contributed by atoms with Crippen molar-refractivity contribution < 1.29 is 4.74 Å². The number of nitrogens with two attached hydrogens (primary N) is 1. The quantitative estimate of drug-likeness (QED) is 0.234. The molecule has 0 unspecified atom stereocenters. The molecule has 4 heteroatoms. The van der Waals surface area contributed by atoms with Crippen LogP contribution in [0.5, 0.6) is 0 Å². The summed E-state index contributed by atoms with van der Waals surface area (Å²) in [7, 11) is 1.60. The van der Waals surface area contributed by atoms with Crippen LogP contribution >= 0.6 is 0 Å². The van der Waals surface area contributed by atoms with Crippen LogP contribution in [-0.4, -0.2) is 20.5 Å². The molecule has 0 amide bonds. The van der Waals surface area contributed by atoms with E-state index in [9.17, 15) is 0 Å². The minimum Gasteiger partial charge on any atom is -0.368 e. The average molecular weight is 105 g/mol. The van der Waals surface area contributed by atoms with Crippen LogP contribution in [0, 0.1) is 0 Å². The highest BCUT2D eigenvalue weighted by molar-refractivity contribution is 4.20. The smallest absolute Gasteiger partial charge is 0.109 e. The molecule has 0 bridgehead atoms. The van der Waals surface area contributed by atoms with Crippen molar-refractivity contribution >= 4 is 0 Å². The highest BCUT2D eigenvalue weighted by atomic mass is 16.5. The molecule has 0 rings (SSSR count). The van der Waals surface area contributed by atoms with E-state index in [0.717, 1.165) is 0 Å². The van der Waals surface area contributed by atoms with Crippen LogP contribution in [0.1, 0.15) is 0 Å². The van der Waals surface area contributed by atoms with Crippen LogP contribution in [0.2, 0.25) is 0 Å². The van der Waals surface area contributed by atoms with Crippen molar-refractivity contribution in [1.29, 1.82) is 0 Å². The van der Waals surface area contributed by atoms with Gasteiger partial charge in [0.1, 0.15) is 6.73 Å². The number of nitrogens with one attached hydrogen (secondary N) is 2. The van der Waals surface area contributed by atoms with Crippen LogP contribution in [0.25, 0.3) is 0 Å². The Morgan fingerprint density at radius 1 is 1.57 bits per heavy atom. The van der Waals surface area contributed by atoms with E-state index in [2.05, 4.69) is 15.6 Å². The molecule has 0 aliphatic heterocycles. The zero-order valence-electron chi connectivity index (χ0n) is 4.40. The Balaban J connectivity index is 2.45. The zero-order valence-corrected chi connectivity index (χ0v) is 4.40. The van der Waals surface area contributed by atoms with Gasteiger partial charge in [-0.25, -0.2) is 10.9 Å². The Labute approximate surface area is 43.0 Å². The Hall–Kier alpha value is -0.160. The number of methoxy groups -OCH3 is 1. The van der Waals surface area contributed by atoms with Gasteiger partial charge in [-0.1, -0.05) is 0 Å². The van der Waals surface area contributed by atoms with Gasteiger partial charge in [-0.3, -0.25) is 0 Å². The van der Waals surface area contributed by atoms with Gasteiger partial charge in [-0.2, -0.15) is 0 Å². The summed E-state index contributed by atoms with van der Waals surface area (Å²) in [6.07, 6.45) is 0. The summed E-state index contributed by atoms with van der Waals surface area (Å²) in [6, 6.07) is 0. The second-order valence-corrected chi connectivity index (χ2v) is 0.991. The van der Waals surface area contributed by atoms with Gasteiger partial charge in [0.15, 0.2) is 0 Å². The predicted molar refractivity (Wildman–Crippen MR) is 27.2 cm³/mol. The highest BCUT2D eigenvalue weighted by Gasteiger charge is 1.73. The first-order valence-corrected chi connectivity index (χ1v) is 2.06. The fraction of sp³-hybridized carbons (Fsp3) is 1.00. The lowest BCUT2D eigenvalue weighted by Crippen LogP contribution is -2.37. The van der Waals surface area contributed by atoms with Gasteiger partial charge in [0, 0.05) is 7.11 Å². The van der Waals surface area contributed by atoms with E-state index in [1.165, 1.54) is 0 Å². The molecule has 0 spiro atoms. The third-order valence-corrected chi connectivity index (χ3v) is 0.444. The van der Waals surface area contributed by atoms with E-state index in [-0.39, 0.29) is 0 Å². The lowest BCUT2D eigenvalue weighted by molar-refractivity contribution is 0.162. The molecule has 7 heavy (non-hydrogen) atoms. The second-order valence-electron chi connectivity index (χ2n) is 0.991. The molecule has 0 aliphatic rings. The molecule has 0 saturated carbocycles. The Morgan fingerprint density at radius 3 is 2.71 bits per heavy atom. The summed E-state index contributed by atoms with van der Waals surface area (Å²) in [5, 5.41) is 0. The minimum atomic E-state index is 0.420. The topological polar surface area (TPSA) is 59.3 Å². The Bertz CT molecular complexity index is 29.4. The van der Waals surface area contributed by atoms with Gasteiger partial charge < -0.3 is 10.5 Å². The van der Waals surface area contributed by atoms with E-state index >= 15 is 0 Å². The Morgan fingerprint density at radius 2 is 2.29 bits per heavy atom. The SMILES string of the molecule is COCNNCN. The molecule has 0 aliphatic carbocycles. The maximum Gasteiger partial charge on any atom is 0.109 e. The van der Waals surface area contributed by atoms with E-state index in [4.69, 9.17) is 5.73 Å². The van der Waals surface area contributed by atoms with Gasteiger partial charge in [0.2, 0.25) is 0 Å². The molecule has 0 atom stereocenters. The molecule has 4 N–H and O–H groups in total. The molecular formula is C3H11N3O. The fourth-order valence-electron chi connectivity index (χ4n) is 0.195. The van der Waals surface area contributed by atoms with Crippen molar-refractivity contribution in [3.05, 3.63) is 0 Å².